The summed E-state index contributed by atoms with van der Waals surface area (Å²) in [6, 6.07) is 0. The summed E-state index contributed by atoms with van der Waals surface area (Å²) in [6.07, 6.45) is 7.62. The first-order valence-electron chi connectivity index (χ1n) is 5.57. The number of ether oxygens (including phenoxy) is 1. The zero-order chi connectivity index (χ0) is 9.26. The van der Waals surface area contributed by atoms with Crippen LogP contribution in [-0.2, 0) is 4.74 Å². The van der Waals surface area contributed by atoms with E-state index in [0.717, 1.165) is 18.8 Å². The third-order valence-electron chi connectivity index (χ3n) is 3.42. The molecule has 0 radical (unpaired) electrons. The molecule has 0 spiro atoms. The third-order valence-corrected chi connectivity index (χ3v) is 3.42. The maximum Gasteiger partial charge on any atom is 0.0628 e. The molecule has 2 rings (SSSR count). The van der Waals surface area contributed by atoms with Crippen LogP contribution >= 0.6 is 0 Å². The molecule has 0 bridgehead atoms. The summed E-state index contributed by atoms with van der Waals surface area (Å²) >= 11 is 0. The van der Waals surface area contributed by atoms with Crippen molar-refractivity contribution in [3.05, 3.63) is 0 Å². The number of hydrogen-bond acceptors (Lipinski definition) is 2. The van der Waals surface area contributed by atoms with E-state index >= 15 is 0 Å². The van der Waals surface area contributed by atoms with Gasteiger partial charge in [-0.05, 0) is 44.4 Å². The molecule has 0 unspecified atom stereocenters. The van der Waals surface area contributed by atoms with E-state index in [9.17, 15) is 0 Å². The number of hydrogen-bond donors (Lipinski definition) is 1. The molecule has 0 aliphatic heterocycles. The monoisotopic (exact) mass is 184 g/mol. The smallest absolute Gasteiger partial charge is 0.0628 e. The lowest BCUT2D eigenvalue weighted by atomic mass is 9.87. The van der Waals surface area contributed by atoms with E-state index in [4.69, 9.17) is 9.84 Å². The minimum absolute atomic E-state index is 0.0764. The lowest BCUT2D eigenvalue weighted by Crippen LogP contribution is -2.38. The summed E-state index contributed by atoms with van der Waals surface area (Å²) in [7, 11) is 0. The van der Waals surface area contributed by atoms with Gasteiger partial charge in [0, 0.05) is 0 Å². The van der Waals surface area contributed by atoms with E-state index in [2.05, 4.69) is 6.92 Å². The van der Waals surface area contributed by atoms with Crippen LogP contribution in [0.4, 0.5) is 0 Å². The fourth-order valence-electron chi connectivity index (χ4n) is 2.29. The summed E-state index contributed by atoms with van der Waals surface area (Å²) in [4.78, 5) is 0. The zero-order valence-electron chi connectivity index (χ0n) is 8.41. The fraction of sp³-hybridized carbons (Fsp3) is 1.00. The summed E-state index contributed by atoms with van der Waals surface area (Å²) in [5, 5.41) is 9.11. The van der Waals surface area contributed by atoms with Crippen LogP contribution in [0.2, 0.25) is 0 Å². The standard InChI is InChI=1S/C11H20O2/c1-8-2-4-10(5-3-8)13-11-6-9(12)7-11/h8-12H,2-7H2,1H3. The zero-order valence-corrected chi connectivity index (χ0v) is 8.41. The van der Waals surface area contributed by atoms with Crippen molar-refractivity contribution in [1.82, 2.24) is 0 Å². The van der Waals surface area contributed by atoms with Crippen molar-refractivity contribution in [3.8, 4) is 0 Å². The molecule has 0 aromatic rings. The van der Waals surface area contributed by atoms with Gasteiger partial charge in [-0.2, -0.15) is 0 Å². The van der Waals surface area contributed by atoms with Crippen LogP contribution in [0.15, 0.2) is 0 Å². The maximum absolute atomic E-state index is 9.11. The molecule has 0 atom stereocenters. The van der Waals surface area contributed by atoms with Crippen LogP contribution in [0, 0.1) is 5.92 Å². The Hall–Kier alpha value is -0.0800. The number of aliphatic hydroxyl groups excluding tert-OH is 1. The van der Waals surface area contributed by atoms with Gasteiger partial charge >= 0.3 is 0 Å². The Labute approximate surface area is 80.3 Å². The van der Waals surface area contributed by atoms with Crippen molar-refractivity contribution in [1.29, 1.82) is 0 Å². The number of rotatable bonds is 2. The molecular formula is C11H20O2. The van der Waals surface area contributed by atoms with E-state index in [0.29, 0.717) is 12.2 Å². The molecule has 1 N–H and O–H groups in total. The fourth-order valence-corrected chi connectivity index (χ4v) is 2.29. The molecule has 0 amide bonds. The normalized spacial score (nSPS) is 45.7. The van der Waals surface area contributed by atoms with Gasteiger partial charge in [0.2, 0.25) is 0 Å². The second-order valence-electron chi connectivity index (χ2n) is 4.77. The van der Waals surface area contributed by atoms with E-state index in [-0.39, 0.29) is 6.10 Å². The molecule has 2 heteroatoms. The highest BCUT2D eigenvalue weighted by Gasteiger charge is 2.31. The van der Waals surface area contributed by atoms with Crippen molar-refractivity contribution < 1.29 is 9.84 Å². The van der Waals surface area contributed by atoms with Crippen LogP contribution in [-0.4, -0.2) is 23.4 Å². The average Bonchev–Trinajstić information content (AvgIpc) is 2.06. The van der Waals surface area contributed by atoms with E-state index in [1.807, 2.05) is 0 Å². The molecule has 2 saturated carbocycles. The van der Waals surface area contributed by atoms with Crippen LogP contribution in [0.1, 0.15) is 45.4 Å². The Kier molecular flexibility index (Phi) is 2.89. The molecular weight excluding hydrogens is 164 g/mol. The van der Waals surface area contributed by atoms with Gasteiger partial charge in [-0.15, -0.1) is 0 Å². The van der Waals surface area contributed by atoms with Crippen LogP contribution < -0.4 is 0 Å². The van der Waals surface area contributed by atoms with Gasteiger partial charge < -0.3 is 9.84 Å². The highest BCUT2D eigenvalue weighted by atomic mass is 16.5. The molecule has 0 heterocycles. The van der Waals surface area contributed by atoms with Gasteiger partial charge in [-0.3, -0.25) is 0 Å². The second kappa shape index (κ2) is 3.97. The van der Waals surface area contributed by atoms with Crippen LogP contribution in [0.3, 0.4) is 0 Å². The highest BCUT2D eigenvalue weighted by Crippen LogP contribution is 2.31. The van der Waals surface area contributed by atoms with Gasteiger partial charge in [0.1, 0.15) is 0 Å². The second-order valence-corrected chi connectivity index (χ2v) is 4.77. The predicted molar refractivity (Wildman–Crippen MR) is 51.5 cm³/mol. The Morgan fingerprint density at radius 1 is 1.00 bits per heavy atom. The summed E-state index contributed by atoms with van der Waals surface area (Å²) in [5.41, 5.74) is 0. The Balaban J connectivity index is 1.65. The van der Waals surface area contributed by atoms with Gasteiger partial charge in [0.15, 0.2) is 0 Å². The predicted octanol–water partition coefficient (Wildman–Crippen LogP) is 2.10. The molecule has 0 aromatic heterocycles. The topological polar surface area (TPSA) is 29.5 Å². The van der Waals surface area contributed by atoms with Crippen molar-refractivity contribution >= 4 is 0 Å². The van der Waals surface area contributed by atoms with Gasteiger partial charge in [-0.25, -0.2) is 0 Å². The quantitative estimate of drug-likeness (QED) is 0.712. The first kappa shape index (κ1) is 9.47. The molecule has 76 valence electrons. The maximum atomic E-state index is 9.11. The summed E-state index contributed by atoms with van der Waals surface area (Å²) < 4.78 is 5.89. The van der Waals surface area contributed by atoms with Gasteiger partial charge in [0.25, 0.3) is 0 Å². The first-order chi connectivity index (χ1) is 6.24. The minimum atomic E-state index is -0.0764. The number of aliphatic hydroxyl groups is 1. The lowest BCUT2D eigenvalue weighted by molar-refractivity contribution is -0.114. The van der Waals surface area contributed by atoms with Crippen molar-refractivity contribution in [3.63, 3.8) is 0 Å². The average molecular weight is 184 g/mol. The lowest BCUT2D eigenvalue weighted by Gasteiger charge is -2.36. The van der Waals surface area contributed by atoms with Gasteiger partial charge in [0.05, 0.1) is 18.3 Å². The molecule has 2 nitrogen and oxygen atoms in total. The van der Waals surface area contributed by atoms with Gasteiger partial charge in [-0.1, -0.05) is 6.92 Å². The minimum Gasteiger partial charge on any atom is -0.393 e. The molecule has 13 heavy (non-hydrogen) atoms. The molecule has 2 aliphatic rings. The van der Waals surface area contributed by atoms with E-state index in [1.54, 1.807) is 0 Å². The van der Waals surface area contributed by atoms with Crippen molar-refractivity contribution in [2.45, 2.75) is 63.8 Å². The highest BCUT2D eigenvalue weighted by molar-refractivity contribution is 4.81. The van der Waals surface area contributed by atoms with E-state index < -0.39 is 0 Å². The molecule has 0 aromatic carbocycles. The van der Waals surface area contributed by atoms with Crippen molar-refractivity contribution in [2.75, 3.05) is 0 Å². The van der Waals surface area contributed by atoms with E-state index in [1.165, 1.54) is 25.7 Å². The SMILES string of the molecule is CC1CCC(OC2CC(O)C2)CC1. The Morgan fingerprint density at radius 2 is 1.62 bits per heavy atom. The first-order valence-corrected chi connectivity index (χ1v) is 5.57. The molecule has 0 saturated heterocycles. The molecule has 2 fully saturated rings. The molecule has 2 aliphatic carbocycles. The Bertz CT molecular complexity index is 155. The third kappa shape index (κ3) is 2.44. The summed E-state index contributed by atoms with van der Waals surface area (Å²) in [6.45, 7) is 2.32. The Morgan fingerprint density at radius 3 is 2.15 bits per heavy atom. The summed E-state index contributed by atoms with van der Waals surface area (Å²) in [5.74, 6) is 0.895. The van der Waals surface area contributed by atoms with Crippen molar-refractivity contribution in [2.24, 2.45) is 5.92 Å². The van der Waals surface area contributed by atoms with Crippen LogP contribution in [0.5, 0.6) is 0 Å². The largest absolute Gasteiger partial charge is 0.393 e. The van der Waals surface area contributed by atoms with Crippen LogP contribution in [0.25, 0.3) is 0 Å².